The predicted octanol–water partition coefficient (Wildman–Crippen LogP) is 3.23. The molecule has 1 fully saturated rings. The SMILES string of the molecule is Cc1ccc(NC(=O)CN2C(=O)N[C@@H](Cc3c[nH]c4ccccc34)C2=O)cc1Cl. The molecule has 148 valence electrons. The third-order valence-corrected chi connectivity index (χ3v) is 5.37. The van der Waals surface area contributed by atoms with Gasteiger partial charge in [0.25, 0.3) is 5.91 Å². The number of hydrogen-bond acceptors (Lipinski definition) is 3. The van der Waals surface area contributed by atoms with Crippen molar-refractivity contribution in [2.45, 2.75) is 19.4 Å². The number of hydrogen-bond donors (Lipinski definition) is 3. The molecule has 0 saturated carbocycles. The van der Waals surface area contributed by atoms with Crippen LogP contribution in [0.1, 0.15) is 11.1 Å². The summed E-state index contributed by atoms with van der Waals surface area (Å²) in [5.74, 6) is -0.890. The molecule has 3 N–H and O–H groups in total. The Kier molecular flexibility index (Phi) is 4.98. The Morgan fingerprint density at radius 3 is 2.79 bits per heavy atom. The molecule has 0 bridgehead atoms. The Morgan fingerprint density at radius 1 is 1.21 bits per heavy atom. The van der Waals surface area contributed by atoms with Crippen molar-refractivity contribution in [3.63, 3.8) is 0 Å². The van der Waals surface area contributed by atoms with Gasteiger partial charge in [0.2, 0.25) is 5.91 Å². The van der Waals surface area contributed by atoms with Gasteiger partial charge in [0.15, 0.2) is 0 Å². The summed E-state index contributed by atoms with van der Waals surface area (Å²) in [5, 5.41) is 6.85. The van der Waals surface area contributed by atoms with Crippen LogP contribution >= 0.6 is 11.6 Å². The van der Waals surface area contributed by atoms with Crippen LogP contribution in [0.2, 0.25) is 5.02 Å². The number of H-pyrrole nitrogens is 1. The molecule has 3 aromatic rings. The van der Waals surface area contributed by atoms with Gasteiger partial charge in [-0.15, -0.1) is 0 Å². The van der Waals surface area contributed by atoms with E-state index in [9.17, 15) is 14.4 Å². The minimum absolute atomic E-state index is 0.347. The molecule has 8 heteroatoms. The van der Waals surface area contributed by atoms with Gasteiger partial charge in [-0.3, -0.25) is 14.5 Å². The second kappa shape index (κ2) is 7.60. The number of imide groups is 1. The second-order valence-electron chi connectivity index (χ2n) is 7.00. The number of carbonyl (C=O) groups excluding carboxylic acids is 3. The van der Waals surface area contributed by atoms with Crippen LogP contribution in [0.4, 0.5) is 10.5 Å². The molecule has 0 spiro atoms. The molecule has 2 aromatic carbocycles. The van der Waals surface area contributed by atoms with Crippen LogP contribution in [0.25, 0.3) is 10.9 Å². The van der Waals surface area contributed by atoms with Crippen LogP contribution in [0.3, 0.4) is 0 Å². The van der Waals surface area contributed by atoms with Crippen molar-refractivity contribution in [1.29, 1.82) is 0 Å². The molecule has 29 heavy (non-hydrogen) atoms. The third kappa shape index (κ3) is 3.82. The summed E-state index contributed by atoms with van der Waals surface area (Å²) >= 11 is 6.06. The maximum absolute atomic E-state index is 12.7. The maximum atomic E-state index is 12.7. The minimum Gasteiger partial charge on any atom is -0.361 e. The lowest BCUT2D eigenvalue weighted by atomic mass is 10.1. The summed E-state index contributed by atoms with van der Waals surface area (Å²) in [6, 6.07) is 11.6. The topological polar surface area (TPSA) is 94.3 Å². The van der Waals surface area contributed by atoms with Crippen molar-refractivity contribution in [3.05, 3.63) is 64.8 Å². The van der Waals surface area contributed by atoms with E-state index in [1.807, 2.05) is 37.4 Å². The number of aromatic nitrogens is 1. The molecule has 2 heterocycles. The van der Waals surface area contributed by atoms with Gasteiger partial charge in [-0.2, -0.15) is 0 Å². The number of aromatic amines is 1. The highest BCUT2D eigenvalue weighted by Crippen LogP contribution is 2.22. The molecular weight excluding hydrogens is 392 g/mol. The summed E-state index contributed by atoms with van der Waals surface area (Å²) in [6.45, 7) is 1.50. The lowest BCUT2D eigenvalue weighted by Crippen LogP contribution is -2.38. The summed E-state index contributed by atoms with van der Waals surface area (Å²) in [6.07, 6.45) is 2.18. The van der Waals surface area contributed by atoms with Gasteiger partial charge in [-0.1, -0.05) is 35.9 Å². The van der Waals surface area contributed by atoms with E-state index in [-0.39, 0.29) is 6.54 Å². The van der Waals surface area contributed by atoms with Crippen LogP contribution in [0.15, 0.2) is 48.7 Å². The van der Waals surface area contributed by atoms with Gasteiger partial charge < -0.3 is 15.6 Å². The standard InChI is InChI=1S/C21H19ClN4O3/c1-12-6-7-14(9-16(12)22)24-19(27)11-26-20(28)18(25-21(26)29)8-13-10-23-17-5-3-2-4-15(13)17/h2-7,9-10,18,23H,8,11H2,1H3,(H,24,27)(H,25,29)/t18-/m0/s1. The number of amides is 4. The van der Waals surface area contributed by atoms with Gasteiger partial charge >= 0.3 is 6.03 Å². The van der Waals surface area contributed by atoms with E-state index in [0.29, 0.717) is 17.1 Å². The number of nitrogens with one attached hydrogen (secondary N) is 3. The number of rotatable bonds is 5. The monoisotopic (exact) mass is 410 g/mol. The van der Waals surface area contributed by atoms with Crippen molar-refractivity contribution >= 4 is 46.0 Å². The summed E-state index contributed by atoms with van der Waals surface area (Å²) in [4.78, 5) is 41.4. The number of urea groups is 1. The van der Waals surface area contributed by atoms with E-state index in [1.165, 1.54) is 0 Å². The lowest BCUT2D eigenvalue weighted by Gasteiger charge is -2.13. The smallest absolute Gasteiger partial charge is 0.325 e. The van der Waals surface area contributed by atoms with Crippen molar-refractivity contribution in [1.82, 2.24) is 15.2 Å². The number of halogens is 1. The first-order valence-electron chi connectivity index (χ1n) is 9.15. The summed E-state index contributed by atoms with van der Waals surface area (Å²) in [5.41, 5.74) is 3.29. The Balaban J connectivity index is 1.42. The zero-order valence-corrected chi connectivity index (χ0v) is 16.4. The number of aryl methyl sites for hydroxylation is 1. The first kappa shape index (κ1) is 19.0. The molecule has 1 aliphatic rings. The third-order valence-electron chi connectivity index (χ3n) is 4.96. The largest absolute Gasteiger partial charge is 0.361 e. The molecule has 4 rings (SSSR count). The number of para-hydroxylation sites is 1. The van der Waals surface area contributed by atoms with Crippen molar-refractivity contribution in [3.8, 4) is 0 Å². The molecular formula is C21H19ClN4O3. The Hall–Kier alpha value is -3.32. The fraction of sp³-hybridized carbons (Fsp3) is 0.190. The number of anilines is 1. The van der Waals surface area contributed by atoms with E-state index in [1.54, 1.807) is 18.2 Å². The van der Waals surface area contributed by atoms with Gasteiger partial charge in [0.1, 0.15) is 12.6 Å². The molecule has 1 aliphatic heterocycles. The van der Waals surface area contributed by atoms with Gasteiger partial charge in [-0.25, -0.2) is 4.79 Å². The molecule has 7 nitrogen and oxygen atoms in total. The van der Waals surface area contributed by atoms with Gasteiger partial charge in [-0.05, 0) is 36.2 Å². The molecule has 1 atom stereocenters. The van der Waals surface area contributed by atoms with Crippen molar-refractivity contribution in [2.24, 2.45) is 0 Å². The molecule has 1 aromatic heterocycles. The number of fused-ring (bicyclic) bond motifs is 1. The fourth-order valence-electron chi connectivity index (χ4n) is 3.40. The highest BCUT2D eigenvalue weighted by atomic mass is 35.5. The zero-order valence-electron chi connectivity index (χ0n) is 15.7. The fourth-order valence-corrected chi connectivity index (χ4v) is 3.58. The average Bonchev–Trinajstić information content (AvgIpc) is 3.21. The highest BCUT2D eigenvalue weighted by molar-refractivity contribution is 6.31. The van der Waals surface area contributed by atoms with Gasteiger partial charge in [0.05, 0.1) is 0 Å². The first-order chi connectivity index (χ1) is 13.9. The maximum Gasteiger partial charge on any atom is 0.325 e. The van der Waals surface area contributed by atoms with Crippen molar-refractivity contribution in [2.75, 3.05) is 11.9 Å². The van der Waals surface area contributed by atoms with Crippen LogP contribution in [0.5, 0.6) is 0 Å². The van der Waals surface area contributed by atoms with Crippen molar-refractivity contribution < 1.29 is 14.4 Å². The van der Waals surface area contributed by atoms with Gasteiger partial charge in [0, 0.05) is 34.2 Å². The predicted molar refractivity (Wildman–Crippen MR) is 111 cm³/mol. The molecule has 0 unspecified atom stereocenters. The quantitative estimate of drug-likeness (QED) is 0.563. The van der Waals surface area contributed by atoms with Crippen LogP contribution in [-0.2, 0) is 16.0 Å². The zero-order chi connectivity index (χ0) is 20.5. The van der Waals surface area contributed by atoms with Crippen LogP contribution < -0.4 is 10.6 Å². The first-order valence-corrected chi connectivity index (χ1v) is 9.53. The van der Waals surface area contributed by atoms with Crippen LogP contribution in [-0.4, -0.2) is 40.3 Å². The summed E-state index contributed by atoms with van der Waals surface area (Å²) in [7, 11) is 0. The number of nitrogens with zero attached hydrogens (tertiary/aromatic N) is 1. The van der Waals surface area contributed by atoms with E-state index in [0.717, 1.165) is 26.9 Å². The highest BCUT2D eigenvalue weighted by Gasteiger charge is 2.39. The molecule has 1 saturated heterocycles. The van der Waals surface area contributed by atoms with E-state index < -0.39 is 23.9 Å². The average molecular weight is 411 g/mol. The minimum atomic E-state index is -0.705. The number of carbonyl (C=O) groups is 3. The Morgan fingerprint density at radius 2 is 2.00 bits per heavy atom. The van der Waals surface area contributed by atoms with E-state index >= 15 is 0 Å². The van der Waals surface area contributed by atoms with E-state index in [4.69, 9.17) is 11.6 Å². The Labute approximate surface area is 172 Å². The second-order valence-corrected chi connectivity index (χ2v) is 7.41. The molecule has 0 aliphatic carbocycles. The number of benzene rings is 2. The lowest BCUT2D eigenvalue weighted by molar-refractivity contribution is -0.130. The normalized spacial score (nSPS) is 16.3. The molecule has 0 radical (unpaired) electrons. The summed E-state index contributed by atoms with van der Waals surface area (Å²) < 4.78 is 0. The van der Waals surface area contributed by atoms with E-state index in [2.05, 4.69) is 15.6 Å². The van der Waals surface area contributed by atoms with Crippen LogP contribution in [0, 0.1) is 6.92 Å². The Bertz CT molecular complexity index is 1120. The molecule has 4 amide bonds.